The Morgan fingerprint density at radius 3 is 2.74 bits per heavy atom. The first kappa shape index (κ1) is 21.7. The van der Waals surface area contributed by atoms with Crippen LogP contribution in [0.15, 0.2) is 23.1 Å². The second-order valence-corrected chi connectivity index (χ2v) is 8.03. The van der Waals surface area contributed by atoms with Crippen LogP contribution in [0.3, 0.4) is 0 Å². The molecular formula is C17H16Cl2N2O4S2. The zero-order valence-electron chi connectivity index (χ0n) is 14.0. The third kappa shape index (κ3) is 6.21. The number of thioether (sulfide) groups is 1. The van der Waals surface area contributed by atoms with Gasteiger partial charge in [-0.1, -0.05) is 59.3 Å². The second-order valence-electron chi connectivity index (χ2n) is 5.57. The monoisotopic (exact) mass is 446 g/mol. The van der Waals surface area contributed by atoms with E-state index >= 15 is 0 Å². The molecule has 1 aliphatic heterocycles. The zero-order chi connectivity index (χ0) is 20.0. The summed E-state index contributed by atoms with van der Waals surface area (Å²) < 4.78 is 0.413. The molecule has 2 rings (SSSR count). The topological polar surface area (TPSA) is 86.7 Å². The number of aliphatic carboxylic acids is 1. The fraction of sp³-hybridized carbons (Fsp3) is 0.294. The van der Waals surface area contributed by atoms with Gasteiger partial charge in [-0.3, -0.25) is 19.3 Å². The van der Waals surface area contributed by atoms with Gasteiger partial charge < -0.3 is 10.4 Å². The Kier molecular flexibility index (Phi) is 8.09. The molecule has 2 amide bonds. The highest BCUT2D eigenvalue weighted by atomic mass is 35.5. The molecule has 1 aromatic carbocycles. The SMILES string of the molecule is O=C(O)CCNC(=O)CCCN1C(=O)/C(=C/c2cccc(Cl)c2Cl)SC1=S. The van der Waals surface area contributed by atoms with Crippen molar-refractivity contribution >= 4 is 75.4 Å². The third-order valence-corrected chi connectivity index (χ3v) is 5.80. The molecule has 0 saturated carbocycles. The molecule has 1 heterocycles. The zero-order valence-corrected chi connectivity index (χ0v) is 17.2. The summed E-state index contributed by atoms with van der Waals surface area (Å²) in [5.41, 5.74) is 0.627. The van der Waals surface area contributed by atoms with Crippen molar-refractivity contribution in [2.75, 3.05) is 13.1 Å². The molecule has 6 nitrogen and oxygen atoms in total. The van der Waals surface area contributed by atoms with Crippen LogP contribution in [0.5, 0.6) is 0 Å². The highest BCUT2D eigenvalue weighted by molar-refractivity contribution is 8.26. The highest BCUT2D eigenvalue weighted by Crippen LogP contribution is 2.35. The Labute approximate surface area is 175 Å². The number of carbonyl (C=O) groups is 3. The van der Waals surface area contributed by atoms with Crippen molar-refractivity contribution < 1.29 is 19.5 Å². The first-order chi connectivity index (χ1) is 12.8. The normalized spacial score (nSPS) is 15.5. The Bertz CT molecular complexity index is 814. The van der Waals surface area contributed by atoms with Crippen molar-refractivity contribution in [1.29, 1.82) is 0 Å². The molecule has 0 unspecified atom stereocenters. The lowest BCUT2D eigenvalue weighted by atomic mass is 10.2. The van der Waals surface area contributed by atoms with E-state index in [-0.39, 0.29) is 31.2 Å². The van der Waals surface area contributed by atoms with Crippen LogP contribution in [0.1, 0.15) is 24.8 Å². The van der Waals surface area contributed by atoms with Crippen LogP contribution in [-0.4, -0.2) is 45.2 Å². The lowest BCUT2D eigenvalue weighted by Gasteiger charge is -2.14. The van der Waals surface area contributed by atoms with Crippen molar-refractivity contribution in [2.45, 2.75) is 19.3 Å². The molecule has 1 saturated heterocycles. The van der Waals surface area contributed by atoms with Gasteiger partial charge in [-0.15, -0.1) is 0 Å². The van der Waals surface area contributed by atoms with E-state index in [1.807, 2.05) is 0 Å². The van der Waals surface area contributed by atoms with Crippen LogP contribution in [0, 0.1) is 0 Å². The largest absolute Gasteiger partial charge is 0.481 e. The first-order valence-electron chi connectivity index (χ1n) is 7.97. The molecule has 1 fully saturated rings. The van der Waals surface area contributed by atoms with Gasteiger partial charge in [-0.2, -0.15) is 0 Å². The molecule has 0 bridgehead atoms. The number of nitrogens with one attached hydrogen (secondary N) is 1. The van der Waals surface area contributed by atoms with Crippen molar-refractivity contribution in [1.82, 2.24) is 10.2 Å². The summed E-state index contributed by atoms with van der Waals surface area (Å²) in [6, 6.07) is 5.15. The smallest absolute Gasteiger partial charge is 0.305 e. The first-order valence-corrected chi connectivity index (χ1v) is 9.95. The van der Waals surface area contributed by atoms with E-state index in [1.54, 1.807) is 24.3 Å². The van der Waals surface area contributed by atoms with Gasteiger partial charge >= 0.3 is 5.97 Å². The Balaban J connectivity index is 1.90. The number of halogens is 2. The minimum atomic E-state index is -0.973. The van der Waals surface area contributed by atoms with Crippen LogP contribution in [0.4, 0.5) is 0 Å². The van der Waals surface area contributed by atoms with E-state index < -0.39 is 5.97 Å². The van der Waals surface area contributed by atoms with Gasteiger partial charge in [0.2, 0.25) is 5.91 Å². The molecule has 10 heteroatoms. The molecule has 2 N–H and O–H groups in total. The third-order valence-electron chi connectivity index (χ3n) is 3.59. The van der Waals surface area contributed by atoms with E-state index in [9.17, 15) is 14.4 Å². The molecule has 0 aromatic heterocycles. The molecule has 0 spiro atoms. The molecule has 144 valence electrons. The highest BCUT2D eigenvalue weighted by Gasteiger charge is 2.31. The Hall–Kier alpha value is -1.61. The van der Waals surface area contributed by atoms with Crippen LogP contribution in [-0.2, 0) is 14.4 Å². The molecule has 0 radical (unpaired) electrons. The maximum Gasteiger partial charge on any atom is 0.305 e. The fourth-order valence-corrected chi connectivity index (χ4v) is 3.92. The molecule has 0 atom stereocenters. The number of carboxylic acids is 1. The quantitative estimate of drug-likeness (QED) is 0.468. The van der Waals surface area contributed by atoms with E-state index in [4.69, 9.17) is 40.5 Å². The number of hydrogen-bond acceptors (Lipinski definition) is 5. The molecular weight excluding hydrogens is 431 g/mol. The average Bonchev–Trinajstić information content (AvgIpc) is 2.86. The summed E-state index contributed by atoms with van der Waals surface area (Å²) in [5, 5.41) is 11.8. The van der Waals surface area contributed by atoms with Gasteiger partial charge in [0.15, 0.2) is 0 Å². The van der Waals surface area contributed by atoms with Gasteiger partial charge in [0.05, 0.1) is 21.4 Å². The van der Waals surface area contributed by atoms with Crippen LogP contribution in [0.2, 0.25) is 10.0 Å². The summed E-state index contributed by atoms with van der Waals surface area (Å²) in [6.07, 6.45) is 2.11. The standard InChI is InChI=1S/C17H16Cl2N2O4S2/c18-11-4-1-3-10(15(11)19)9-12-16(25)21(17(26)27-12)8-2-5-13(22)20-7-6-14(23)24/h1,3-4,9H,2,5-8H2,(H,20,22)(H,23,24)/b12-9-. The Morgan fingerprint density at radius 2 is 2.04 bits per heavy atom. The van der Waals surface area contributed by atoms with E-state index in [0.717, 1.165) is 0 Å². The van der Waals surface area contributed by atoms with Crippen LogP contribution >= 0.6 is 47.2 Å². The second kappa shape index (κ2) is 10.1. The van der Waals surface area contributed by atoms with Gasteiger partial charge in [0.25, 0.3) is 5.91 Å². The molecule has 27 heavy (non-hydrogen) atoms. The van der Waals surface area contributed by atoms with Gasteiger partial charge in [0.1, 0.15) is 4.32 Å². The van der Waals surface area contributed by atoms with Gasteiger partial charge in [-0.05, 0) is 24.1 Å². The Morgan fingerprint density at radius 1 is 1.30 bits per heavy atom. The lowest BCUT2D eigenvalue weighted by Crippen LogP contribution is -2.31. The fourth-order valence-electron chi connectivity index (χ4n) is 2.26. The average molecular weight is 447 g/mol. The molecule has 0 aliphatic carbocycles. The van der Waals surface area contributed by atoms with E-state index in [2.05, 4.69) is 5.32 Å². The number of carboxylic acid groups (broad SMARTS) is 1. The number of carbonyl (C=O) groups excluding carboxylic acids is 2. The van der Waals surface area contributed by atoms with Gasteiger partial charge in [0, 0.05) is 19.5 Å². The number of rotatable bonds is 8. The van der Waals surface area contributed by atoms with E-state index in [0.29, 0.717) is 37.8 Å². The molecule has 1 aliphatic rings. The summed E-state index contributed by atoms with van der Waals surface area (Å²) in [5.74, 6) is -1.48. The predicted molar refractivity (Wildman–Crippen MR) is 111 cm³/mol. The van der Waals surface area contributed by atoms with Crippen LogP contribution < -0.4 is 5.32 Å². The summed E-state index contributed by atoms with van der Waals surface area (Å²) >= 11 is 18.6. The number of hydrogen-bond donors (Lipinski definition) is 2. The van der Waals surface area contributed by atoms with Crippen molar-refractivity contribution in [3.63, 3.8) is 0 Å². The number of amides is 2. The van der Waals surface area contributed by atoms with Gasteiger partial charge in [-0.25, -0.2) is 0 Å². The predicted octanol–water partition coefficient (Wildman–Crippen LogP) is 3.57. The summed E-state index contributed by atoms with van der Waals surface area (Å²) in [6.45, 7) is 0.385. The summed E-state index contributed by atoms with van der Waals surface area (Å²) in [7, 11) is 0. The van der Waals surface area contributed by atoms with E-state index in [1.165, 1.54) is 16.7 Å². The maximum atomic E-state index is 12.5. The molecule has 1 aromatic rings. The van der Waals surface area contributed by atoms with Crippen molar-refractivity contribution in [3.05, 3.63) is 38.7 Å². The number of benzene rings is 1. The van der Waals surface area contributed by atoms with Crippen molar-refractivity contribution in [2.24, 2.45) is 0 Å². The maximum absolute atomic E-state index is 12.5. The minimum absolute atomic E-state index is 0.0817. The lowest BCUT2D eigenvalue weighted by molar-refractivity contribution is -0.137. The van der Waals surface area contributed by atoms with Crippen LogP contribution in [0.25, 0.3) is 6.08 Å². The number of nitrogens with zero attached hydrogens (tertiary/aromatic N) is 1. The minimum Gasteiger partial charge on any atom is -0.481 e. The number of thiocarbonyl (C=S) groups is 1. The van der Waals surface area contributed by atoms with Crippen molar-refractivity contribution in [3.8, 4) is 0 Å². The summed E-state index contributed by atoms with van der Waals surface area (Å²) in [4.78, 5) is 36.5.